The maximum Gasteiger partial charge on any atom is 0.337 e. The molecule has 136 valence electrons. The molecular formula is C22H15Cl3O2. The first-order chi connectivity index (χ1) is 13.0. The van der Waals surface area contributed by atoms with Crippen molar-refractivity contribution >= 4 is 52.9 Å². The molecule has 0 aromatic heterocycles. The highest BCUT2D eigenvalue weighted by atomic mass is 35.5. The van der Waals surface area contributed by atoms with E-state index in [0.29, 0.717) is 20.6 Å². The average molecular weight is 418 g/mol. The predicted molar refractivity (Wildman–Crippen MR) is 114 cm³/mol. The summed E-state index contributed by atoms with van der Waals surface area (Å²) in [5.74, 6) is -0.359. The molecule has 0 radical (unpaired) electrons. The molecule has 0 aliphatic rings. The number of rotatable bonds is 4. The maximum atomic E-state index is 11.5. The van der Waals surface area contributed by atoms with E-state index in [-0.39, 0.29) is 5.97 Å². The van der Waals surface area contributed by atoms with Gasteiger partial charge in [0.05, 0.1) is 22.7 Å². The standard InChI is InChI=1S/C22H15Cl3O2/c1-27-22(26)15-5-2-14(3-6-15)4-7-16-12-18(23)9-10-19(16)17-8-11-20(24)21(25)13-17/h2-13H,1H3. The Morgan fingerprint density at radius 1 is 0.852 bits per heavy atom. The highest BCUT2D eigenvalue weighted by Crippen LogP contribution is 2.32. The third kappa shape index (κ3) is 4.72. The number of ether oxygens (including phenoxy) is 1. The van der Waals surface area contributed by atoms with Crippen molar-refractivity contribution < 1.29 is 9.53 Å². The van der Waals surface area contributed by atoms with Crippen LogP contribution in [0.3, 0.4) is 0 Å². The van der Waals surface area contributed by atoms with Gasteiger partial charge in [-0.1, -0.05) is 71.2 Å². The van der Waals surface area contributed by atoms with Crippen molar-refractivity contribution in [2.75, 3.05) is 7.11 Å². The van der Waals surface area contributed by atoms with Crippen molar-refractivity contribution in [3.63, 3.8) is 0 Å². The van der Waals surface area contributed by atoms with Gasteiger partial charge in [-0.2, -0.15) is 0 Å². The Balaban J connectivity index is 1.94. The lowest BCUT2D eigenvalue weighted by Crippen LogP contribution is -2.00. The molecule has 3 aromatic carbocycles. The molecule has 0 saturated heterocycles. The summed E-state index contributed by atoms with van der Waals surface area (Å²) < 4.78 is 4.71. The zero-order chi connectivity index (χ0) is 19.4. The van der Waals surface area contributed by atoms with E-state index in [4.69, 9.17) is 39.5 Å². The Kier molecular flexibility index (Phi) is 6.22. The molecule has 0 spiro atoms. The largest absolute Gasteiger partial charge is 0.465 e. The monoisotopic (exact) mass is 416 g/mol. The molecular weight excluding hydrogens is 403 g/mol. The van der Waals surface area contributed by atoms with Gasteiger partial charge in [0.15, 0.2) is 0 Å². The predicted octanol–water partition coefficient (Wildman–Crippen LogP) is 7.27. The van der Waals surface area contributed by atoms with E-state index in [1.54, 1.807) is 18.2 Å². The first kappa shape index (κ1) is 19.5. The summed E-state index contributed by atoms with van der Waals surface area (Å²) in [7, 11) is 1.36. The highest BCUT2D eigenvalue weighted by Gasteiger charge is 2.07. The number of hydrogen-bond acceptors (Lipinski definition) is 2. The lowest BCUT2D eigenvalue weighted by atomic mass is 9.98. The molecule has 27 heavy (non-hydrogen) atoms. The Hall–Kier alpha value is -2.26. The van der Waals surface area contributed by atoms with E-state index in [1.807, 2.05) is 54.6 Å². The molecule has 3 rings (SSSR count). The normalized spacial score (nSPS) is 11.0. The van der Waals surface area contributed by atoms with Gasteiger partial charge in [-0.25, -0.2) is 4.79 Å². The van der Waals surface area contributed by atoms with Crippen molar-refractivity contribution in [3.05, 3.63) is 92.4 Å². The van der Waals surface area contributed by atoms with Gasteiger partial charge in [-0.3, -0.25) is 0 Å². The second-order valence-corrected chi connectivity index (χ2v) is 7.06. The van der Waals surface area contributed by atoms with Crippen molar-refractivity contribution in [1.82, 2.24) is 0 Å². The first-order valence-electron chi connectivity index (χ1n) is 8.09. The lowest BCUT2D eigenvalue weighted by Gasteiger charge is -2.09. The minimum Gasteiger partial charge on any atom is -0.465 e. The van der Waals surface area contributed by atoms with E-state index in [9.17, 15) is 4.79 Å². The van der Waals surface area contributed by atoms with Crippen molar-refractivity contribution in [1.29, 1.82) is 0 Å². The summed E-state index contributed by atoms with van der Waals surface area (Å²) in [6, 6.07) is 18.3. The van der Waals surface area contributed by atoms with E-state index in [2.05, 4.69) is 0 Å². The number of benzene rings is 3. The molecule has 0 amide bonds. The Labute approximate surface area is 173 Å². The number of esters is 1. The molecule has 0 bridgehead atoms. The summed E-state index contributed by atoms with van der Waals surface area (Å²) in [6.07, 6.45) is 3.92. The van der Waals surface area contributed by atoms with Crippen LogP contribution in [0.25, 0.3) is 23.3 Å². The van der Waals surface area contributed by atoms with Gasteiger partial charge >= 0.3 is 5.97 Å². The molecule has 0 aliphatic carbocycles. The third-order valence-corrected chi connectivity index (χ3v) is 5.01. The molecule has 0 unspecified atom stereocenters. The Bertz CT molecular complexity index is 1010. The summed E-state index contributed by atoms with van der Waals surface area (Å²) in [5.41, 5.74) is 4.33. The van der Waals surface area contributed by atoms with Gasteiger partial charge in [0, 0.05) is 5.02 Å². The van der Waals surface area contributed by atoms with Crippen LogP contribution in [0.5, 0.6) is 0 Å². The number of carbonyl (C=O) groups is 1. The number of carbonyl (C=O) groups excluding carboxylic acids is 1. The van der Waals surface area contributed by atoms with Crippen LogP contribution in [-0.4, -0.2) is 13.1 Å². The van der Waals surface area contributed by atoms with Crippen LogP contribution in [0.2, 0.25) is 15.1 Å². The van der Waals surface area contributed by atoms with Gasteiger partial charge in [-0.05, 0) is 58.7 Å². The van der Waals surface area contributed by atoms with E-state index in [0.717, 1.165) is 22.3 Å². The Morgan fingerprint density at radius 3 is 2.26 bits per heavy atom. The van der Waals surface area contributed by atoms with Gasteiger partial charge in [0.25, 0.3) is 0 Å². The summed E-state index contributed by atoms with van der Waals surface area (Å²) in [6.45, 7) is 0. The molecule has 3 aromatic rings. The molecule has 5 heteroatoms. The second-order valence-electron chi connectivity index (χ2n) is 5.81. The average Bonchev–Trinajstić information content (AvgIpc) is 2.68. The van der Waals surface area contributed by atoms with Crippen LogP contribution in [0, 0.1) is 0 Å². The SMILES string of the molecule is COC(=O)c1ccc(C=Cc2cc(Cl)ccc2-c2ccc(Cl)c(Cl)c2)cc1. The van der Waals surface area contributed by atoms with Gasteiger partial charge in [0.1, 0.15) is 0 Å². The number of hydrogen-bond donors (Lipinski definition) is 0. The van der Waals surface area contributed by atoms with Crippen molar-refractivity contribution in [2.45, 2.75) is 0 Å². The molecule has 0 N–H and O–H groups in total. The second kappa shape index (κ2) is 8.62. The summed E-state index contributed by atoms with van der Waals surface area (Å²) >= 11 is 18.4. The van der Waals surface area contributed by atoms with E-state index in [1.165, 1.54) is 7.11 Å². The van der Waals surface area contributed by atoms with Gasteiger partial charge < -0.3 is 4.74 Å². The minimum absolute atomic E-state index is 0.359. The molecule has 0 atom stereocenters. The fraction of sp³-hybridized carbons (Fsp3) is 0.0455. The minimum atomic E-state index is -0.359. The van der Waals surface area contributed by atoms with Crippen LogP contribution in [0.1, 0.15) is 21.5 Å². The van der Waals surface area contributed by atoms with Gasteiger partial charge in [-0.15, -0.1) is 0 Å². The molecule has 0 aliphatic heterocycles. The highest BCUT2D eigenvalue weighted by molar-refractivity contribution is 6.42. The maximum absolute atomic E-state index is 11.5. The van der Waals surface area contributed by atoms with Crippen LogP contribution in [0.15, 0.2) is 60.7 Å². The van der Waals surface area contributed by atoms with Crippen LogP contribution < -0.4 is 0 Å². The molecule has 0 fully saturated rings. The van der Waals surface area contributed by atoms with E-state index >= 15 is 0 Å². The van der Waals surface area contributed by atoms with Crippen molar-refractivity contribution in [3.8, 4) is 11.1 Å². The molecule has 2 nitrogen and oxygen atoms in total. The Morgan fingerprint density at radius 2 is 1.59 bits per heavy atom. The van der Waals surface area contributed by atoms with Crippen molar-refractivity contribution in [2.24, 2.45) is 0 Å². The summed E-state index contributed by atoms with van der Waals surface area (Å²) in [5, 5.41) is 1.65. The molecule has 0 heterocycles. The zero-order valence-electron chi connectivity index (χ0n) is 14.4. The van der Waals surface area contributed by atoms with Crippen LogP contribution in [0.4, 0.5) is 0 Å². The summed E-state index contributed by atoms with van der Waals surface area (Å²) in [4.78, 5) is 11.5. The lowest BCUT2D eigenvalue weighted by molar-refractivity contribution is 0.0600. The topological polar surface area (TPSA) is 26.3 Å². The molecule has 0 saturated carbocycles. The van der Waals surface area contributed by atoms with Crippen LogP contribution in [-0.2, 0) is 4.74 Å². The zero-order valence-corrected chi connectivity index (χ0v) is 16.6. The first-order valence-corrected chi connectivity index (χ1v) is 9.23. The fourth-order valence-corrected chi connectivity index (χ4v) is 3.11. The van der Waals surface area contributed by atoms with E-state index < -0.39 is 0 Å². The quantitative estimate of drug-likeness (QED) is 0.329. The van der Waals surface area contributed by atoms with Crippen LogP contribution >= 0.6 is 34.8 Å². The number of halogens is 3. The third-order valence-electron chi connectivity index (χ3n) is 4.03. The fourth-order valence-electron chi connectivity index (χ4n) is 2.63. The number of methoxy groups -OCH3 is 1. The smallest absolute Gasteiger partial charge is 0.337 e. The van der Waals surface area contributed by atoms with Gasteiger partial charge in [0.2, 0.25) is 0 Å².